The highest BCUT2D eigenvalue weighted by Gasteiger charge is 2.10. The Bertz CT molecular complexity index is 695. The first-order chi connectivity index (χ1) is 10.7. The molecule has 0 aliphatic rings. The smallest absolute Gasteiger partial charge is 0.191 e. The number of hydrogen-bond donors (Lipinski definition) is 2. The fourth-order valence-corrected chi connectivity index (χ4v) is 1.89. The zero-order valence-corrected chi connectivity index (χ0v) is 12.4. The van der Waals surface area contributed by atoms with E-state index in [-0.39, 0.29) is 11.5 Å². The second-order valence-electron chi connectivity index (χ2n) is 4.43. The number of benzene rings is 2. The molecule has 0 fully saturated rings. The Labute approximate surface area is 128 Å². The normalized spacial score (nSPS) is 10.5. The van der Waals surface area contributed by atoms with Crippen molar-refractivity contribution in [1.29, 1.82) is 0 Å². The van der Waals surface area contributed by atoms with E-state index in [0.717, 1.165) is 0 Å². The minimum Gasteiger partial charge on any atom is -0.506 e. The van der Waals surface area contributed by atoms with E-state index in [1.54, 1.807) is 49.6 Å². The van der Waals surface area contributed by atoms with Crippen LogP contribution in [0.3, 0.4) is 0 Å². The Balaban J connectivity index is 2.12. The maximum Gasteiger partial charge on any atom is 0.191 e. The fourth-order valence-electron chi connectivity index (χ4n) is 1.89. The topological polar surface area (TPSA) is 67.8 Å². The molecule has 0 aromatic heterocycles. The van der Waals surface area contributed by atoms with Gasteiger partial charge in [-0.3, -0.25) is 4.79 Å². The van der Waals surface area contributed by atoms with Crippen molar-refractivity contribution in [2.75, 3.05) is 19.5 Å². The van der Waals surface area contributed by atoms with Crippen LogP contribution in [-0.4, -0.2) is 25.1 Å². The van der Waals surface area contributed by atoms with Gasteiger partial charge in [0.15, 0.2) is 5.78 Å². The number of carbonyl (C=O) groups excluding carboxylic acids is 1. The molecule has 114 valence electrons. The average Bonchev–Trinajstić information content (AvgIpc) is 2.55. The molecule has 2 aromatic rings. The van der Waals surface area contributed by atoms with Crippen molar-refractivity contribution in [2.45, 2.75) is 0 Å². The predicted molar refractivity (Wildman–Crippen MR) is 84.7 cm³/mol. The molecule has 0 aliphatic carbocycles. The average molecular weight is 299 g/mol. The molecule has 0 aliphatic heterocycles. The SMILES string of the molecule is COc1ccc(C(=O)C=CNc2ccccc2O)c(OC)c1. The van der Waals surface area contributed by atoms with Gasteiger partial charge in [-0.2, -0.15) is 0 Å². The van der Waals surface area contributed by atoms with Crippen molar-refractivity contribution < 1.29 is 19.4 Å². The Morgan fingerprint density at radius 3 is 2.59 bits per heavy atom. The second-order valence-corrected chi connectivity index (χ2v) is 4.43. The van der Waals surface area contributed by atoms with Gasteiger partial charge in [-0.15, -0.1) is 0 Å². The minimum absolute atomic E-state index is 0.113. The lowest BCUT2D eigenvalue weighted by molar-refractivity contribution is 0.104. The molecule has 2 aromatic carbocycles. The molecular formula is C17H17NO4. The van der Waals surface area contributed by atoms with Crippen molar-refractivity contribution in [2.24, 2.45) is 0 Å². The van der Waals surface area contributed by atoms with E-state index in [1.165, 1.54) is 19.4 Å². The molecule has 2 rings (SSSR count). The van der Waals surface area contributed by atoms with Crippen LogP contribution in [0.1, 0.15) is 10.4 Å². The molecule has 0 radical (unpaired) electrons. The van der Waals surface area contributed by atoms with Crippen LogP contribution in [0.25, 0.3) is 0 Å². The van der Waals surface area contributed by atoms with Gasteiger partial charge in [-0.05, 0) is 24.3 Å². The van der Waals surface area contributed by atoms with Gasteiger partial charge in [0.1, 0.15) is 17.2 Å². The number of aromatic hydroxyl groups is 1. The number of phenols is 1. The number of hydrogen-bond acceptors (Lipinski definition) is 5. The molecule has 5 nitrogen and oxygen atoms in total. The molecule has 0 atom stereocenters. The van der Waals surface area contributed by atoms with Crippen molar-refractivity contribution in [3.63, 3.8) is 0 Å². The molecule has 5 heteroatoms. The summed E-state index contributed by atoms with van der Waals surface area (Å²) in [6.45, 7) is 0. The van der Waals surface area contributed by atoms with Crippen LogP contribution >= 0.6 is 0 Å². The minimum atomic E-state index is -0.220. The number of phenolic OH excluding ortho intramolecular Hbond substituents is 1. The number of nitrogens with one attached hydrogen (secondary N) is 1. The molecule has 0 saturated carbocycles. The number of para-hydroxylation sites is 2. The number of anilines is 1. The third kappa shape index (κ3) is 3.58. The molecule has 22 heavy (non-hydrogen) atoms. The van der Waals surface area contributed by atoms with Crippen LogP contribution in [0.4, 0.5) is 5.69 Å². The standard InChI is InChI=1S/C17H17NO4/c1-21-12-7-8-13(17(11-12)22-2)15(19)9-10-18-14-5-3-4-6-16(14)20/h3-11,18,20H,1-2H3. The zero-order valence-electron chi connectivity index (χ0n) is 12.4. The first-order valence-electron chi connectivity index (χ1n) is 6.63. The van der Waals surface area contributed by atoms with Crippen LogP contribution in [0.5, 0.6) is 17.2 Å². The fraction of sp³-hybridized carbons (Fsp3) is 0.118. The van der Waals surface area contributed by atoms with Crippen molar-refractivity contribution in [3.8, 4) is 17.2 Å². The zero-order chi connectivity index (χ0) is 15.9. The van der Waals surface area contributed by atoms with Crippen molar-refractivity contribution in [1.82, 2.24) is 0 Å². The van der Waals surface area contributed by atoms with E-state index in [1.807, 2.05) is 0 Å². The Morgan fingerprint density at radius 1 is 1.14 bits per heavy atom. The summed E-state index contributed by atoms with van der Waals surface area (Å²) in [5.41, 5.74) is 0.951. The molecule has 0 saturated heterocycles. The highest BCUT2D eigenvalue weighted by molar-refractivity contribution is 6.06. The monoisotopic (exact) mass is 299 g/mol. The quantitative estimate of drug-likeness (QED) is 0.487. The summed E-state index contributed by atoms with van der Waals surface area (Å²) in [6, 6.07) is 11.8. The first kappa shape index (κ1) is 15.4. The van der Waals surface area contributed by atoms with E-state index in [4.69, 9.17) is 9.47 Å². The van der Waals surface area contributed by atoms with Crippen LogP contribution in [0.2, 0.25) is 0 Å². The highest BCUT2D eigenvalue weighted by atomic mass is 16.5. The number of ether oxygens (including phenoxy) is 2. The van der Waals surface area contributed by atoms with Crippen molar-refractivity contribution in [3.05, 3.63) is 60.3 Å². The number of ketones is 1. The predicted octanol–water partition coefficient (Wildman–Crippen LogP) is 3.22. The molecule has 2 N–H and O–H groups in total. The molecule has 0 bridgehead atoms. The van der Waals surface area contributed by atoms with Crippen LogP contribution in [-0.2, 0) is 0 Å². The number of rotatable bonds is 6. The van der Waals surface area contributed by atoms with E-state index >= 15 is 0 Å². The molecule has 0 unspecified atom stereocenters. The Morgan fingerprint density at radius 2 is 1.91 bits per heavy atom. The van der Waals surface area contributed by atoms with Crippen LogP contribution in [0.15, 0.2) is 54.7 Å². The van der Waals surface area contributed by atoms with Gasteiger partial charge in [0, 0.05) is 18.3 Å². The third-order valence-corrected chi connectivity index (χ3v) is 3.05. The highest BCUT2D eigenvalue weighted by Crippen LogP contribution is 2.25. The van der Waals surface area contributed by atoms with Crippen molar-refractivity contribution >= 4 is 11.5 Å². The van der Waals surface area contributed by atoms with Gasteiger partial charge in [0.05, 0.1) is 25.5 Å². The number of allylic oxidation sites excluding steroid dienone is 1. The summed E-state index contributed by atoms with van der Waals surface area (Å²) in [5.74, 6) is 0.949. The maximum atomic E-state index is 12.2. The van der Waals surface area contributed by atoms with Gasteiger partial charge in [0.2, 0.25) is 0 Å². The Hall–Kier alpha value is -2.95. The van der Waals surface area contributed by atoms with E-state index in [2.05, 4.69) is 5.32 Å². The summed E-state index contributed by atoms with van der Waals surface area (Å²) < 4.78 is 10.3. The maximum absolute atomic E-state index is 12.2. The molecule has 0 amide bonds. The van der Waals surface area contributed by atoms with E-state index in [0.29, 0.717) is 22.7 Å². The third-order valence-electron chi connectivity index (χ3n) is 3.05. The summed E-state index contributed by atoms with van der Waals surface area (Å²) >= 11 is 0. The lowest BCUT2D eigenvalue weighted by Crippen LogP contribution is -2.00. The molecule has 0 heterocycles. The molecular weight excluding hydrogens is 282 g/mol. The Kier molecular flexibility index (Phi) is 5.03. The lowest BCUT2D eigenvalue weighted by atomic mass is 10.1. The summed E-state index contributed by atoms with van der Waals surface area (Å²) in [6.07, 6.45) is 2.85. The largest absolute Gasteiger partial charge is 0.506 e. The summed E-state index contributed by atoms with van der Waals surface area (Å²) in [4.78, 5) is 12.2. The summed E-state index contributed by atoms with van der Waals surface area (Å²) in [5, 5.41) is 12.5. The van der Waals surface area contributed by atoms with Crippen LogP contribution in [0, 0.1) is 0 Å². The summed E-state index contributed by atoms with van der Waals surface area (Å²) in [7, 11) is 3.04. The van der Waals surface area contributed by atoms with Gasteiger partial charge in [0.25, 0.3) is 0 Å². The van der Waals surface area contributed by atoms with Gasteiger partial charge in [-0.25, -0.2) is 0 Å². The van der Waals surface area contributed by atoms with Gasteiger partial charge in [-0.1, -0.05) is 12.1 Å². The van der Waals surface area contributed by atoms with E-state index < -0.39 is 0 Å². The number of methoxy groups -OCH3 is 2. The van der Waals surface area contributed by atoms with Gasteiger partial charge < -0.3 is 19.9 Å². The lowest BCUT2D eigenvalue weighted by Gasteiger charge is -2.08. The second kappa shape index (κ2) is 7.17. The number of carbonyl (C=O) groups is 1. The van der Waals surface area contributed by atoms with E-state index in [9.17, 15) is 9.90 Å². The van der Waals surface area contributed by atoms with Crippen LogP contribution < -0.4 is 14.8 Å². The van der Waals surface area contributed by atoms with Gasteiger partial charge >= 0.3 is 0 Å². The molecule has 0 spiro atoms. The first-order valence-corrected chi connectivity index (χ1v) is 6.63.